The molecule has 0 aliphatic carbocycles. The van der Waals surface area contributed by atoms with Gasteiger partial charge in [-0.15, -0.1) is 0 Å². The summed E-state index contributed by atoms with van der Waals surface area (Å²) in [5, 5.41) is 7.91. The number of rotatable bonds is 7. The molecular formula is C23H36Cl3NO8. The number of carbonyl (C=O) groups is 2. The van der Waals surface area contributed by atoms with E-state index in [-0.39, 0.29) is 54.9 Å². The molecule has 2 saturated heterocycles. The van der Waals surface area contributed by atoms with E-state index in [1.165, 1.54) is 13.8 Å². The molecule has 10 atom stereocenters. The normalized spacial score (nSPS) is 37.9. The van der Waals surface area contributed by atoms with Crippen LogP contribution >= 0.6 is 34.8 Å². The van der Waals surface area contributed by atoms with E-state index in [9.17, 15) is 9.59 Å². The lowest BCUT2D eigenvalue weighted by molar-refractivity contribution is -0.320. The molecular weight excluding hydrogens is 525 g/mol. The Kier molecular flexibility index (Phi) is 10.9. The van der Waals surface area contributed by atoms with Crippen molar-refractivity contribution in [3.63, 3.8) is 0 Å². The zero-order chi connectivity index (χ0) is 26.7. The molecule has 0 amide bonds. The maximum Gasteiger partial charge on any atom is 0.302 e. The van der Waals surface area contributed by atoms with Crippen molar-refractivity contribution in [2.75, 3.05) is 13.2 Å². The Morgan fingerprint density at radius 2 is 1.26 bits per heavy atom. The summed E-state index contributed by atoms with van der Waals surface area (Å²) in [7, 11) is 0. The third kappa shape index (κ3) is 8.07. The monoisotopic (exact) mass is 559 g/mol. The van der Waals surface area contributed by atoms with Gasteiger partial charge in [-0.1, -0.05) is 69.4 Å². The minimum atomic E-state index is -2.04. The fourth-order valence-corrected chi connectivity index (χ4v) is 4.44. The molecule has 2 fully saturated rings. The van der Waals surface area contributed by atoms with Crippen molar-refractivity contribution in [3.8, 4) is 0 Å². The number of hydrogen-bond donors (Lipinski definition) is 1. The van der Waals surface area contributed by atoms with Crippen molar-refractivity contribution in [3.05, 3.63) is 0 Å². The second-order valence-electron chi connectivity index (χ2n) is 9.53. The van der Waals surface area contributed by atoms with E-state index >= 15 is 0 Å². The summed E-state index contributed by atoms with van der Waals surface area (Å²) < 4.78 is 32.7. The van der Waals surface area contributed by atoms with Gasteiger partial charge in [-0.2, -0.15) is 0 Å². The van der Waals surface area contributed by atoms with Crippen molar-refractivity contribution in [1.82, 2.24) is 0 Å². The van der Waals surface area contributed by atoms with Gasteiger partial charge < -0.3 is 28.4 Å². The van der Waals surface area contributed by atoms with Crippen LogP contribution < -0.4 is 0 Å². The van der Waals surface area contributed by atoms with Gasteiger partial charge in [-0.25, -0.2) is 0 Å². The van der Waals surface area contributed by atoms with Crippen LogP contribution in [0.1, 0.15) is 48.5 Å². The largest absolute Gasteiger partial charge is 0.463 e. The molecule has 2 aliphatic heterocycles. The van der Waals surface area contributed by atoms with E-state index in [2.05, 4.69) is 13.8 Å². The molecule has 0 aromatic carbocycles. The summed E-state index contributed by atoms with van der Waals surface area (Å²) in [6.07, 6.45) is -3.13. The van der Waals surface area contributed by atoms with Crippen LogP contribution in [-0.2, 0) is 38.0 Å². The third-order valence-electron chi connectivity index (χ3n) is 7.12. The first-order chi connectivity index (χ1) is 16.1. The predicted octanol–water partition coefficient (Wildman–Crippen LogP) is 4.49. The van der Waals surface area contributed by atoms with Crippen LogP contribution in [0.2, 0.25) is 0 Å². The average molecular weight is 561 g/mol. The summed E-state index contributed by atoms with van der Waals surface area (Å²) in [5.41, 5.74) is 0. The smallest absolute Gasteiger partial charge is 0.302 e. The van der Waals surface area contributed by atoms with Crippen LogP contribution in [0.15, 0.2) is 0 Å². The Morgan fingerprint density at radius 1 is 0.771 bits per heavy atom. The third-order valence-corrected chi connectivity index (χ3v) is 7.63. The highest BCUT2D eigenvalue weighted by atomic mass is 35.6. The summed E-state index contributed by atoms with van der Waals surface area (Å²) in [5.74, 6) is -1.47. The highest BCUT2D eigenvalue weighted by Gasteiger charge is 2.49. The van der Waals surface area contributed by atoms with E-state index in [1.807, 2.05) is 20.8 Å². The topological polar surface area (TPSA) is 113 Å². The molecule has 0 radical (unpaired) electrons. The van der Waals surface area contributed by atoms with Crippen LogP contribution in [0.4, 0.5) is 0 Å². The lowest BCUT2D eigenvalue weighted by atomic mass is 9.78. The number of nitrogens with one attached hydrogen (secondary N) is 1. The Bertz CT molecular complexity index is 764. The molecule has 1 N–H and O–H groups in total. The minimum absolute atomic E-state index is 0.0296. The molecule has 2 aliphatic rings. The van der Waals surface area contributed by atoms with Gasteiger partial charge in [0.05, 0.1) is 12.2 Å². The van der Waals surface area contributed by atoms with Crippen molar-refractivity contribution < 1.29 is 38.0 Å². The number of halogens is 3. The second kappa shape index (κ2) is 12.6. The quantitative estimate of drug-likeness (QED) is 0.210. The first kappa shape index (κ1) is 30.4. The number of carbonyl (C=O) groups excluding carboxylic acids is 2. The SMILES string of the molecule is CC(=O)OCC1OC(OC(=N)C(Cl)(Cl)Cl)C(C)[C@@H](C)[C@@H]1O[C@@H]1OC(COC(C)=O)[C@H](C)[C@H](C)C1C. The number of hydrogen-bond acceptors (Lipinski definition) is 9. The van der Waals surface area contributed by atoms with Gasteiger partial charge in [0.1, 0.15) is 19.3 Å². The lowest BCUT2D eigenvalue weighted by Crippen LogP contribution is -2.57. The van der Waals surface area contributed by atoms with Crippen LogP contribution in [0.5, 0.6) is 0 Å². The van der Waals surface area contributed by atoms with E-state index < -0.39 is 40.4 Å². The van der Waals surface area contributed by atoms with Gasteiger partial charge >= 0.3 is 11.9 Å². The zero-order valence-corrected chi connectivity index (χ0v) is 23.4. The molecule has 2 heterocycles. The number of alkyl halides is 3. The molecule has 35 heavy (non-hydrogen) atoms. The van der Waals surface area contributed by atoms with E-state index in [0.717, 1.165) is 0 Å². The average Bonchev–Trinajstić information content (AvgIpc) is 2.75. The highest BCUT2D eigenvalue weighted by molar-refractivity contribution is 6.76. The van der Waals surface area contributed by atoms with Crippen molar-refractivity contribution in [2.24, 2.45) is 29.6 Å². The van der Waals surface area contributed by atoms with Gasteiger partial charge in [-0.05, 0) is 17.8 Å². The van der Waals surface area contributed by atoms with Gasteiger partial charge in [0.2, 0.25) is 12.2 Å². The van der Waals surface area contributed by atoms with Crippen LogP contribution in [0.3, 0.4) is 0 Å². The fraction of sp³-hybridized carbons (Fsp3) is 0.870. The predicted molar refractivity (Wildman–Crippen MR) is 130 cm³/mol. The van der Waals surface area contributed by atoms with Gasteiger partial charge in [0.15, 0.2) is 6.29 Å². The minimum Gasteiger partial charge on any atom is -0.463 e. The van der Waals surface area contributed by atoms with E-state index in [1.54, 1.807) is 0 Å². The van der Waals surface area contributed by atoms with Crippen LogP contribution in [-0.4, -0.2) is 65.7 Å². The first-order valence-electron chi connectivity index (χ1n) is 11.7. The number of esters is 2. The highest BCUT2D eigenvalue weighted by Crippen LogP contribution is 2.40. The van der Waals surface area contributed by atoms with Crippen molar-refractivity contribution in [1.29, 1.82) is 5.41 Å². The molecule has 0 aromatic heterocycles. The van der Waals surface area contributed by atoms with Crippen LogP contribution in [0, 0.1) is 35.0 Å². The van der Waals surface area contributed by atoms with Crippen molar-refractivity contribution in [2.45, 2.75) is 83.2 Å². The van der Waals surface area contributed by atoms with Crippen molar-refractivity contribution >= 4 is 52.6 Å². The Labute approximate surface area is 221 Å². The molecule has 9 nitrogen and oxygen atoms in total. The first-order valence-corrected chi connectivity index (χ1v) is 12.8. The molecule has 0 aromatic rings. The standard InChI is InChI=1S/C23H36Cl3NO8/c1-10-11(2)17(8-30-15(6)28)32-20(13(10)4)34-19-12(3)14(5)21(35-22(27)23(24,25)26)33-18(19)9-31-16(7)29/h10-14,17-21,27H,8-9H2,1-7H3/t10-,11+,12+,13?,14?,17?,18?,19-,20-,21?/m0/s1. The summed E-state index contributed by atoms with van der Waals surface area (Å²) in [6.45, 7) is 12.7. The van der Waals surface area contributed by atoms with Gasteiger partial charge in [0, 0.05) is 25.7 Å². The summed E-state index contributed by atoms with van der Waals surface area (Å²) in [4.78, 5) is 22.9. The maximum atomic E-state index is 11.5. The molecule has 5 unspecified atom stereocenters. The zero-order valence-electron chi connectivity index (χ0n) is 21.1. The molecule has 2 rings (SSSR count). The molecule has 0 saturated carbocycles. The molecule has 202 valence electrons. The van der Waals surface area contributed by atoms with E-state index in [0.29, 0.717) is 0 Å². The molecule has 12 heteroatoms. The fourth-order valence-electron chi connectivity index (χ4n) is 4.31. The Balaban J connectivity index is 2.22. The number of ether oxygens (including phenoxy) is 6. The summed E-state index contributed by atoms with van der Waals surface area (Å²) in [6, 6.07) is 0. The van der Waals surface area contributed by atoms with Gasteiger partial charge in [-0.3, -0.25) is 15.0 Å². The molecule has 0 bridgehead atoms. The molecule has 0 spiro atoms. The Morgan fingerprint density at radius 3 is 1.77 bits per heavy atom. The van der Waals surface area contributed by atoms with Gasteiger partial charge in [0.25, 0.3) is 3.79 Å². The lowest BCUT2D eigenvalue weighted by Gasteiger charge is -2.48. The van der Waals surface area contributed by atoms with E-state index in [4.69, 9.17) is 68.6 Å². The summed E-state index contributed by atoms with van der Waals surface area (Å²) >= 11 is 17.3. The van der Waals surface area contributed by atoms with Crippen LogP contribution in [0.25, 0.3) is 0 Å². The second-order valence-corrected chi connectivity index (χ2v) is 11.8. The maximum absolute atomic E-state index is 11.5. The Hall–Kier alpha value is -0.840.